The molecule has 0 aliphatic heterocycles. The van der Waals surface area contributed by atoms with E-state index >= 15 is 0 Å². The fraction of sp³-hybridized carbons (Fsp3) is 0.0909. The van der Waals surface area contributed by atoms with Crippen LogP contribution < -0.4 is 5.32 Å². The fourth-order valence-corrected chi connectivity index (χ4v) is 4.20. The molecule has 0 unspecified atom stereocenters. The molecule has 0 aliphatic rings. The van der Waals surface area contributed by atoms with Crippen molar-refractivity contribution in [2.24, 2.45) is 0 Å². The van der Waals surface area contributed by atoms with Crippen LogP contribution in [0.25, 0.3) is 25.7 Å². The first-order valence-electron chi connectivity index (χ1n) is 8.18. The lowest BCUT2D eigenvalue weighted by molar-refractivity contribution is 0.920. The summed E-state index contributed by atoms with van der Waals surface area (Å²) >= 11 is 1.86. The van der Waals surface area contributed by atoms with Crippen LogP contribution in [0, 0.1) is 0 Å². The Bertz CT molecular complexity index is 1010. The van der Waals surface area contributed by atoms with Crippen molar-refractivity contribution in [2.75, 3.05) is 13.6 Å². The van der Waals surface area contributed by atoms with Gasteiger partial charge in [0.15, 0.2) is 0 Å². The third-order valence-electron chi connectivity index (χ3n) is 4.28. The molecule has 4 rings (SSSR count). The minimum atomic E-state index is 0.854. The number of rotatable bonds is 4. The van der Waals surface area contributed by atoms with Crippen molar-refractivity contribution in [2.45, 2.75) is 0 Å². The fourth-order valence-electron chi connectivity index (χ4n) is 3.12. The van der Waals surface area contributed by atoms with Crippen LogP contribution in [0.3, 0.4) is 0 Å². The summed E-state index contributed by atoms with van der Waals surface area (Å²) in [5.41, 5.74) is 3.81. The lowest BCUT2D eigenvalue weighted by Gasteiger charge is -2.09. The number of benzene rings is 3. The standard InChI is InChI=1S/C22H19NS/c1-23-14-13-18(16-7-3-2-4-8-16)17-11-12-22-20(15-17)19-9-5-6-10-21(19)24-22/h2-13,15,23H,14H2,1H3. The van der Waals surface area contributed by atoms with Crippen LogP contribution in [0.5, 0.6) is 0 Å². The minimum Gasteiger partial charge on any atom is -0.316 e. The van der Waals surface area contributed by atoms with Crippen LogP contribution in [0.2, 0.25) is 0 Å². The zero-order chi connectivity index (χ0) is 16.4. The van der Waals surface area contributed by atoms with Gasteiger partial charge < -0.3 is 5.32 Å². The van der Waals surface area contributed by atoms with Gasteiger partial charge in [0, 0.05) is 26.7 Å². The molecule has 0 amide bonds. The lowest BCUT2D eigenvalue weighted by Crippen LogP contribution is -2.05. The van der Waals surface area contributed by atoms with Gasteiger partial charge in [-0.15, -0.1) is 11.3 Å². The molecule has 2 heteroatoms. The Morgan fingerprint density at radius 3 is 2.42 bits per heavy atom. The molecule has 1 N–H and O–H groups in total. The van der Waals surface area contributed by atoms with Crippen LogP contribution in [0.4, 0.5) is 0 Å². The van der Waals surface area contributed by atoms with E-state index in [0.717, 1.165) is 6.54 Å². The molecule has 1 nitrogen and oxygen atoms in total. The zero-order valence-electron chi connectivity index (χ0n) is 13.6. The van der Waals surface area contributed by atoms with Crippen molar-refractivity contribution >= 4 is 37.1 Å². The van der Waals surface area contributed by atoms with Crippen molar-refractivity contribution in [3.63, 3.8) is 0 Å². The number of hydrogen-bond acceptors (Lipinski definition) is 2. The zero-order valence-corrected chi connectivity index (χ0v) is 14.4. The van der Waals surface area contributed by atoms with Gasteiger partial charge in [0.05, 0.1) is 0 Å². The van der Waals surface area contributed by atoms with Crippen LogP contribution in [0.15, 0.2) is 78.9 Å². The van der Waals surface area contributed by atoms with Gasteiger partial charge in [0.25, 0.3) is 0 Å². The maximum atomic E-state index is 3.23. The Kier molecular flexibility index (Phi) is 4.16. The molecule has 0 aliphatic carbocycles. The topological polar surface area (TPSA) is 12.0 Å². The number of likely N-dealkylation sites (N-methyl/N-ethyl adjacent to an activating group) is 1. The van der Waals surface area contributed by atoms with E-state index in [2.05, 4.69) is 84.2 Å². The van der Waals surface area contributed by atoms with Gasteiger partial charge in [-0.25, -0.2) is 0 Å². The van der Waals surface area contributed by atoms with Crippen molar-refractivity contribution < 1.29 is 0 Å². The van der Waals surface area contributed by atoms with E-state index in [1.54, 1.807) is 0 Å². The summed E-state index contributed by atoms with van der Waals surface area (Å²) in [6.07, 6.45) is 2.27. The highest BCUT2D eigenvalue weighted by Crippen LogP contribution is 2.36. The summed E-state index contributed by atoms with van der Waals surface area (Å²) in [4.78, 5) is 0. The van der Waals surface area contributed by atoms with Gasteiger partial charge in [-0.2, -0.15) is 0 Å². The smallest absolute Gasteiger partial charge is 0.0355 e. The number of thiophene rings is 1. The maximum Gasteiger partial charge on any atom is 0.0355 e. The third kappa shape index (κ3) is 2.75. The van der Waals surface area contributed by atoms with Gasteiger partial charge >= 0.3 is 0 Å². The van der Waals surface area contributed by atoms with Crippen molar-refractivity contribution in [1.29, 1.82) is 0 Å². The summed E-state index contributed by atoms with van der Waals surface area (Å²) in [5, 5.41) is 5.92. The Morgan fingerprint density at radius 2 is 1.58 bits per heavy atom. The monoisotopic (exact) mass is 329 g/mol. The molecule has 0 saturated carbocycles. The van der Waals surface area contributed by atoms with Gasteiger partial charge in [-0.3, -0.25) is 0 Å². The van der Waals surface area contributed by atoms with Crippen molar-refractivity contribution in [3.8, 4) is 0 Å². The van der Waals surface area contributed by atoms with Gasteiger partial charge in [-0.1, -0.05) is 60.7 Å². The van der Waals surface area contributed by atoms with Crippen molar-refractivity contribution in [3.05, 3.63) is 90.0 Å². The highest BCUT2D eigenvalue weighted by molar-refractivity contribution is 7.25. The first-order valence-corrected chi connectivity index (χ1v) is 9.00. The molecule has 0 fully saturated rings. The van der Waals surface area contributed by atoms with Crippen molar-refractivity contribution in [1.82, 2.24) is 5.32 Å². The van der Waals surface area contributed by atoms with Gasteiger partial charge in [0.1, 0.15) is 0 Å². The van der Waals surface area contributed by atoms with Crippen LogP contribution in [-0.2, 0) is 0 Å². The largest absolute Gasteiger partial charge is 0.316 e. The van der Waals surface area contributed by atoms with E-state index in [-0.39, 0.29) is 0 Å². The molecule has 0 radical (unpaired) electrons. The van der Waals surface area contributed by atoms with Gasteiger partial charge in [0.2, 0.25) is 0 Å². The Labute approximate surface area is 146 Å². The highest BCUT2D eigenvalue weighted by Gasteiger charge is 2.09. The van der Waals surface area contributed by atoms with E-state index in [4.69, 9.17) is 0 Å². The molecular weight excluding hydrogens is 310 g/mol. The first kappa shape index (κ1) is 15.1. The summed E-state index contributed by atoms with van der Waals surface area (Å²) in [6.45, 7) is 0.854. The molecule has 1 aromatic heterocycles. The maximum absolute atomic E-state index is 3.23. The molecule has 0 saturated heterocycles. The molecule has 3 aromatic carbocycles. The predicted molar refractivity (Wildman–Crippen MR) is 107 cm³/mol. The Hall–Kier alpha value is -2.42. The molecular formula is C22H19NS. The Balaban J connectivity index is 1.90. The van der Waals surface area contributed by atoms with Gasteiger partial charge in [-0.05, 0) is 41.9 Å². The van der Waals surface area contributed by atoms with Crippen LogP contribution >= 0.6 is 11.3 Å². The lowest BCUT2D eigenvalue weighted by atomic mass is 9.96. The molecule has 4 aromatic rings. The SMILES string of the molecule is CNCC=C(c1ccccc1)c1ccc2sc3ccccc3c2c1. The van der Waals surface area contributed by atoms with E-state index < -0.39 is 0 Å². The molecule has 0 bridgehead atoms. The second-order valence-corrected chi connectivity index (χ2v) is 6.93. The van der Waals surface area contributed by atoms with E-state index in [1.165, 1.54) is 36.9 Å². The number of nitrogens with one attached hydrogen (secondary N) is 1. The quantitative estimate of drug-likeness (QED) is 0.506. The van der Waals surface area contributed by atoms with E-state index in [0.29, 0.717) is 0 Å². The van der Waals surface area contributed by atoms with Crippen LogP contribution in [0.1, 0.15) is 11.1 Å². The van der Waals surface area contributed by atoms with Crippen LogP contribution in [-0.4, -0.2) is 13.6 Å². The summed E-state index contributed by atoms with van der Waals surface area (Å²) in [6, 6.07) is 26.1. The highest BCUT2D eigenvalue weighted by atomic mass is 32.1. The second kappa shape index (κ2) is 6.60. The molecule has 0 spiro atoms. The van der Waals surface area contributed by atoms with E-state index in [1.807, 2.05) is 18.4 Å². The molecule has 1 heterocycles. The predicted octanol–water partition coefficient (Wildman–Crippen LogP) is 5.71. The molecule has 118 valence electrons. The second-order valence-electron chi connectivity index (χ2n) is 5.85. The normalized spacial score (nSPS) is 12.1. The average molecular weight is 329 g/mol. The summed E-state index contributed by atoms with van der Waals surface area (Å²) in [7, 11) is 1.98. The summed E-state index contributed by atoms with van der Waals surface area (Å²) in [5.74, 6) is 0. The molecule has 24 heavy (non-hydrogen) atoms. The average Bonchev–Trinajstić information content (AvgIpc) is 3.01. The number of hydrogen-bond donors (Lipinski definition) is 1. The number of fused-ring (bicyclic) bond motifs is 3. The van der Waals surface area contributed by atoms with E-state index in [9.17, 15) is 0 Å². The molecule has 0 atom stereocenters. The first-order chi connectivity index (χ1) is 11.9. The third-order valence-corrected chi connectivity index (χ3v) is 5.43. The minimum absolute atomic E-state index is 0.854. The summed E-state index contributed by atoms with van der Waals surface area (Å²) < 4.78 is 2.70. The Morgan fingerprint density at radius 1 is 0.833 bits per heavy atom.